The number of nitrogens with one attached hydrogen (secondary N) is 1. The molecule has 1 nitrogen and oxygen atoms in total. The van der Waals surface area contributed by atoms with Gasteiger partial charge in [0.15, 0.2) is 11.6 Å². The molecule has 1 aromatic carbocycles. The lowest BCUT2D eigenvalue weighted by Gasteiger charge is -2.26. The van der Waals surface area contributed by atoms with Gasteiger partial charge in [0.1, 0.15) is 0 Å². The first-order chi connectivity index (χ1) is 7.16. The van der Waals surface area contributed by atoms with Gasteiger partial charge in [-0.25, -0.2) is 8.78 Å². The summed E-state index contributed by atoms with van der Waals surface area (Å²) in [4.78, 5) is 0. The number of rotatable bonds is 3. The third-order valence-corrected chi connectivity index (χ3v) is 3.07. The van der Waals surface area contributed by atoms with E-state index in [1.807, 2.05) is 0 Å². The average Bonchev–Trinajstić information content (AvgIpc) is 2.11. The molecule has 1 aromatic rings. The van der Waals surface area contributed by atoms with Crippen LogP contribution in [-0.2, 0) is 0 Å². The Bertz CT molecular complexity index is 359. The highest BCUT2D eigenvalue weighted by Crippen LogP contribution is 2.27. The Kier molecular flexibility index (Phi) is 2.89. The molecule has 1 fully saturated rings. The van der Waals surface area contributed by atoms with E-state index in [1.54, 1.807) is 6.92 Å². The maximum absolute atomic E-state index is 13.0. The predicted octanol–water partition coefficient (Wildman–Crippen LogP) is 3.49. The summed E-state index contributed by atoms with van der Waals surface area (Å²) in [7, 11) is 0. The second-order valence-electron chi connectivity index (χ2n) is 4.26. The topological polar surface area (TPSA) is 12.0 Å². The van der Waals surface area contributed by atoms with E-state index in [9.17, 15) is 8.78 Å². The molecular weight excluding hydrogens is 196 g/mol. The summed E-state index contributed by atoms with van der Waals surface area (Å²) < 4.78 is 25.8. The first kappa shape index (κ1) is 10.4. The minimum absolute atomic E-state index is 0.706. The third kappa shape index (κ3) is 2.28. The van der Waals surface area contributed by atoms with Crippen LogP contribution in [0.4, 0.5) is 14.5 Å². The predicted molar refractivity (Wildman–Crippen MR) is 56.9 cm³/mol. The molecule has 0 aliphatic heterocycles. The highest BCUT2D eigenvalue weighted by molar-refractivity contribution is 5.51. The Labute approximate surface area is 88.5 Å². The van der Waals surface area contributed by atoms with Crippen molar-refractivity contribution in [2.75, 3.05) is 11.9 Å². The van der Waals surface area contributed by atoms with Crippen LogP contribution in [0.2, 0.25) is 0 Å². The fourth-order valence-electron chi connectivity index (χ4n) is 1.79. The minimum Gasteiger partial charge on any atom is -0.384 e. The molecule has 1 aliphatic rings. The van der Waals surface area contributed by atoms with Gasteiger partial charge in [0.05, 0.1) is 0 Å². The van der Waals surface area contributed by atoms with Crippen molar-refractivity contribution < 1.29 is 8.78 Å². The summed E-state index contributed by atoms with van der Waals surface area (Å²) >= 11 is 0. The van der Waals surface area contributed by atoms with Gasteiger partial charge in [-0.3, -0.25) is 0 Å². The van der Waals surface area contributed by atoms with Crippen molar-refractivity contribution in [2.24, 2.45) is 5.92 Å². The Morgan fingerprint density at radius 2 is 1.93 bits per heavy atom. The lowest BCUT2D eigenvalue weighted by molar-refractivity contribution is 0.333. The highest BCUT2D eigenvalue weighted by Gasteiger charge is 2.17. The van der Waals surface area contributed by atoms with Crippen molar-refractivity contribution in [3.8, 4) is 0 Å². The average molecular weight is 211 g/mol. The second kappa shape index (κ2) is 4.17. The van der Waals surface area contributed by atoms with E-state index >= 15 is 0 Å². The molecule has 82 valence electrons. The molecule has 15 heavy (non-hydrogen) atoms. The van der Waals surface area contributed by atoms with Crippen LogP contribution in [0.5, 0.6) is 0 Å². The zero-order valence-electron chi connectivity index (χ0n) is 8.82. The highest BCUT2D eigenvalue weighted by atomic mass is 19.2. The van der Waals surface area contributed by atoms with E-state index in [0.29, 0.717) is 11.6 Å². The molecular formula is C12H15F2N. The molecule has 0 saturated heterocycles. The Morgan fingerprint density at radius 3 is 2.53 bits per heavy atom. The summed E-state index contributed by atoms with van der Waals surface area (Å²) in [6.07, 6.45) is 3.79. The maximum atomic E-state index is 13.0. The molecule has 1 N–H and O–H groups in total. The van der Waals surface area contributed by atoms with Crippen LogP contribution in [0, 0.1) is 24.5 Å². The first-order valence-corrected chi connectivity index (χ1v) is 5.36. The third-order valence-electron chi connectivity index (χ3n) is 3.07. The molecule has 0 heterocycles. The number of hydrogen-bond acceptors (Lipinski definition) is 1. The fraction of sp³-hybridized carbons (Fsp3) is 0.500. The van der Waals surface area contributed by atoms with Gasteiger partial charge in [-0.1, -0.05) is 6.42 Å². The van der Waals surface area contributed by atoms with Gasteiger partial charge in [0.2, 0.25) is 0 Å². The van der Waals surface area contributed by atoms with Crippen LogP contribution in [-0.4, -0.2) is 6.54 Å². The smallest absolute Gasteiger partial charge is 0.160 e. The van der Waals surface area contributed by atoms with E-state index in [-0.39, 0.29) is 0 Å². The summed E-state index contributed by atoms with van der Waals surface area (Å²) in [6, 6.07) is 2.47. The van der Waals surface area contributed by atoms with E-state index in [4.69, 9.17) is 0 Å². The fourth-order valence-corrected chi connectivity index (χ4v) is 1.79. The lowest BCUT2D eigenvalue weighted by Crippen LogP contribution is -2.21. The van der Waals surface area contributed by atoms with Gasteiger partial charge in [-0.2, -0.15) is 0 Å². The molecule has 0 unspecified atom stereocenters. The molecule has 0 atom stereocenters. The van der Waals surface area contributed by atoms with Gasteiger partial charge in [0.25, 0.3) is 0 Å². The van der Waals surface area contributed by atoms with Crippen LogP contribution in [0.3, 0.4) is 0 Å². The molecule has 2 rings (SSSR count). The zero-order valence-corrected chi connectivity index (χ0v) is 8.82. The molecule has 0 radical (unpaired) electrons. The number of aryl methyl sites for hydroxylation is 1. The summed E-state index contributed by atoms with van der Waals surface area (Å²) in [5, 5.41) is 3.18. The monoisotopic (exact) mass is 211 g/mol. The van der Waals surface area contributed by atoms with E-state index in [1.165, 1.54) is 31.4 Å². The van der Waals surface area contributed by atoms with Crippen LogP contribution in [0.25, 0.3) is 0 Å². The van der Waals surface area contributed by atoms with E-state index in [0.717, 1.165) is 12.1 Å². The summed E-state index contributed by atoms with van der Waals surface area (Å²) in [5.74, 6) is -0.851. The number of benzene rings is 1. The largest absolute Gasteiger partial charge is 0.384 e. The molecule has 0 amide bonds. The van der Waals surface area contributed by atoms with Crippen molar-refractivity contribution in [3.05, 3.63) is 29.3 Å². The molecule has 0 aromatic heterocycles. The lowest BCUT2D eigenvalue weighted by atomic mass is 9.85. The molecule has 1 saturated carbocycles. The number of anilines is 1. The molecule has 1 aliphatic carbocycles. The van der Waals surface area contributed by atoms with Crippen molar-refractivity contribution >= 4 is 5.69 Å². The van der Waals surface area contributed by atoms with Crippen LogP contribution in [0.1, 0.15) is 24.8 Å². The zero-order chi connectivity index (χ0) is 10.8. The van der Waals surface area contributed by atoms with Gasteiger partial charge >= 0.3 is 0 Å². The normalized spacial score (nSPS) is 16.2. The SMILES string of the molecule is Cc1cc(F)c(F)cc1NCC1CCC1. The summed E-state index contributed by atoms with van der Waals surface area (Å²) in [5.41, 5.74) is 1.47. The van der Waals surface area contributed by atoms with Crippen LogP contribution < -0.4 is 5.32 Å². The van der Waals surface area contributed by atoms with Gasteiger partial charge in [0, 0.05) is 18.3 Å². The van der Waals surface area contributed by atoms with Crippen molar-refractivity contribution in [1.29, 1.82) is 0 Å². The molecule has 0 bridgehead atoms. The van der Waals surface area contributed by atoms with E-state index < -0.39 is 11.6 Å². The Balaban J connectivity index is 2.03. The second-order valence-corrected chi connectivity index (χ2v) is 4.26. The van der Waals surface area contributed by atoms with Gasteiger partial charge in [-0.15, -0.1) is 0 Å². The number of hydrogen-bond donors (Lipinski definition) is 1. The van der Waals surface area contributed by atoms with Gasteiger partial charge < -0.3 is 5.32 Å². The molecule has 3 heteroatoms. The van der Waals surface area contributed by atoms with Crippen molar-refractivity contribution in [1.82, 2.24) is 0 Å². The van der Waals surface area contributed by atoms with Crippen molar-refractivity contribution in [2.45, 2.75) is 26.2 Å². The van der Waals surface area contributed by atoms with Gasteiger partial charge in [-0.05, 0) is 37.3 Å². The summed E-state index contributed by atoms with van der Waals surface area (Å²) in [6.45, 7) is 2.65. The Hall–Kier alpha value is -1.12. The van der Waals surface area contributed by atoms with E-state index in [2.05, 4.69) is 5.32 Å². The standard InChI is InChI=1S/C12H15F2N/c1-8-5-10(13)11(14)6-12(8)15-7-9-3-2-4-9/h5-6,9,15H,2-4,7H2,1H3. The quantitative estimate of drug-likeness (QED) is 0.807. The first-order valence-electron chi connectivity index (χ1n) is 5.36. The number of halogens is 2. The van der Waals surface area contributed by atoms with Crippen molar-refractivity contribution in [3.63, 3.8) is 0 Å². The Morgan fingerprint density at radius 1 is 1.27 bits per heavy atom. The van der Waals surface area contributed by atoms with Crippen LogP contribution >= 0.6 is 0 Å². The van der Waals surface area contributed by atoms with Crippen LogP contribution in [0.15, 0.2) is 12.1 Å². The maximum Gasteiger partial charge on any atom is 0.160 e. The molecule has 0 spiro atoms. The minimum atomic E-state index is -0.781.